The third-order valence-corrected chi connectivity index (χ3v) is 3.63. The Morgan fingerprint density at radius 3 is 2.75 bits per heavy atom. The molecule has 2 N–H and O–H groups in total. The van der Waals surface area contributed by atoms with Crippen LogP contribution in [0.5, 0.6) is 0 Å². The predicted octanol–water partition coefficient (Wildman–Crippen LogP) is 2.43. The van der Waals surface area contributed by atoms with E-state index < -0.39 is 17.5 Å². The van der Waals surface area contributed by atoms with Gasteiger partial charge in [0.2, 0.25) is 5.91 Å². The zero-order valence-electron chi connectivity index (χ0n) is 10.7. The first-order chi connectivity index (χ1) is 9.56. The lowest BCUT2D eigenvalue weighted by Gasteiger charge is -2.22. The number of benzene rings is 1. The van der Waals surface area contributed by atoms with Crippen LogP contribution < -0.4 is 10.6 Å². The Labute approximate surface area is 124 Å². The second-order valence-corrected chi connectivity index (χ2v) is 5.41. The number of piperidine rings is 1. The van der Waals surface area contributed by atoms with E-state index in [9.17, 15) is 13.6 Å². The number of amides is 1. The monoisotopic (exact) mass is 348 g/mol. The van der Waals surface area contributed by atoms with Crippen molar-refractivity contribution in [1.82, 2.24) is 5.32 Å². The van der Waals surface area contributed by atoms with Gasteiger partial charge in [0.05, 0.1) is 11.8 Å². The van der Waals surface area contributed by atoms with Crippen LogP contribution in [0.4, 0.5) is 14.5 Å². The standard InChI is InChI=1S/C13H15BrF2N2O2/c14-10-5-8(15)6-11(16)13(10)18-12(19)7-20-9-1-3-17-4-2-9/h5-6,9,17H,1-4,7H2,(H,18,19). The van der Waals surface area contributed by atoms with E-state index in [0.717, 1.165) is 32.0 Å². The summed E-state index contributed by atoms with van der Waals surface area (Å²) in [6.07, 6.45) is 1.74. The van der Waals surface area contributed by atoms with Gasteiger partial charge in [0.1, 0.15) is 12.4 Å². The van der Waals surface area contributed by atoms with Gasteiger partial charge in [0, 0.05) is 10.5 Å². The molecule has 0 spiro atoms. The van der Waals surface area contributed by atoms with E-state index >= 15 is 0 Å². The number of carbonyl (C=O) groups excluding carboxylic acids is 1. The van der Waals surface area contributed by atoms with Crippen LogP contribution in [0, 0.1) is 11.6 Å². The molecule has 1 saturated heterocycles. The summed E-state index contributed by atoms with van der Waals surface area (Å²) in [6.45, 7) is 1.59. The van der Waals surface area contributed by atoms with Crippen LogP contribution in [0.25, 0.3) is 0 Å². The highest BCUT2D eigenvalue weighted by atomic mass is 79.9. The molecule has 110 valence electrons. The fraction of sp³-hybridized carbons (Fsp3) is 0.462. The van der Waals surface area contributed by atoms with Crippen molar-refractivity contribution in [2.45, 2.75) is 18.9 Å². The van der Waals surface area contributed by atoms with Gasteiger partial charge in [-0.15, -0.1) is 0 Å². The predicted molar refractivity (Wildman–Crippen MR) is 74.5 cm³/mol. The molecule has 1 heterocycles. The van der Waals surface area contributed by atoms with Crippen molar-refractivity contribution in [2.75, 3.05) is 25.0 Å². The smallest absolute Gasteiger partial charge is 0.250 e. The summed E-state index contributed by atoms with van der Waals surface area (Å²) < 4.78 is 32.1. The topological polar surface area (TPSA) is 50.4 Å². The number of nitrogens with one attached hydrogen (secondary N) is 2. The fourth-order valence-electron chi connectivity index (χ4n) is 1.99. The average molecular weight is 349 g/mol. The summed E-state index contributed by atoms with van der Waals surface area (Å²) in [7, 11) is 0. The van der Waals surface area contributed by atoms with Gasteiger partial charge in [-0.05, 0) is 47.9 Å². The molecule has 1 fully saturated rings. The Kier molecular flexibility index (Phi) is 5.45. The first-order valence-corrected chi connectivity index (χ1v) is 7.12. The van der Waals surface area contributed by atoms with Crippen LogP contribution in [0.1, 0.15) is 12.8 Å². The first kappa shape index (κ1) is 15.3. The molecule has 1 aromatic carbocycles. The number of hydrogen-bond acceptors (Lipinski definition) is 3. The van der Waals surface area contributed by atoms with Crippen molar-refractivity contribution in [2.24, 2.45) is 0 Å². The molecular formula is C13H15BrF2N2O2. The van der Waals surface area contributed by atoms with Crippen molar-refractivity contribution in [3.05, 3.63) is 28.2 Å². The molecule has 0 aromatic heterocycles. The van der Waals surface area contributed by atoms with E-state index in [2.05, 4.69) is 26.6 Å². The molecule has 0 unspecified atom stereocenters. The van der Waals surface area contributed by atoms with Gasteiger partial charge in [-0.1, -0.05) is 0 Å². The van der Waals surface area contributed by atoms with Crippen molar-refractivity contribution < 1.29 is 18.3 Å². The average Bonchev–Trinajstić information content (AvgIpc) is 2.42. The zero-order valence-corrected chi connectivity index (χ0v) is 12.3. The van der Waals surface area contributed by atoms with Gasteiger partial charge in [0.25, 0.3) is 0 Å². The molecule has 1 aliphatic heterocycles. The highest BCUT2D eigenvalue weighted by Crippen LogP contribution is 2.26. The summed E-state index contributed by atoms with van der Waals surface area (Å²) in [5.41, 5.74) is -0.0784. The Hall–Kier alpha value is -1.05. The van der Waals surface area contributed by atoms with Gasteiger partial charge in [-0.3, -0.25) is 4.79 Å². The molecule has 0 bridgehead atoms. The Morgan fingerprint density at radius 2 is 2.10 bits per heavy atom. The number of carbonyl (C=O) groups is 1. The summed E-state index contributed by atoms with van der Waals surface area (Å²) >= 11 is 3.01. The molecule has 1 amide bonds. The lowest BCUT2D eigenvalue weighted by Crippen LogP contribution is -2.34. The minimum Gasteiger partial charge on any atom is -0.368 e. The quantitative estimate of drug-likeness (QED) is 0.878. The lowest BCUT2D eigenvalue weighted by molar-refractivity contribution is -0.123. The fourth-order valence-corrected chi connectivity index (χ4v) is 2.50. The molecule has 0 saturated carbocycles. The maximum absolute atomic E-state index is 13.5. The van der Waals surface area contributed by atoms with E-state index in [-0.39, 0.29) is 22.9 Å². The molecular weight excluding hydrogens is 334 g/mol. The molecule has 7 heteroatoms. The van der Waals surface area contributed by atoms with Crippen LogP contribution >= 0.6 is 15.9 Å². The number of rotatable bonds is 4. The largest absolute Gasteiger partial charge is 0.368 e. The SMILES string of the molecule is O=C(COC1CCNCC1)Nc1c(F)cc(F)cc1Br. The Bertz CT molecular complexity index is 470. The third kappa shape index (κ3) is 4.22. The van der Waals surface area contributed by atoms with Crippen LogP contribution in [0.3, 0.4) is 0 Å². The highest BCUT2D eigenvalue weighted by Gasteiger charge is 2.17. The maximum atomic E-state index is 13.5. The van der Waals surface area contributed by atoms with Crippen molar-refractivity contribution in [3.63, 3.8) is 0 Å². The molecule has 20 heavy (non-hydrogen) atoms. The minimum atomic E-state index is -0.827. The molecule has 2 rings (SSSR count). The number of hydrogen-bond donors (Lipinski definition) is 2. The summed E-state index contributed by atoms with van der Waals surface area (Å²) in [5.74, 6) is -2.00. The number of anilines is 1. The van der Waals surface area contributed by atoms with Gasteiger partial charge in [-0.2, -0.15) is 0 Å². The van der Waals surface area contributed by atoms with Crippen LogP contribution in [-0.4, -0.2) is 31.7 Å². The van der Waals surface area contributed by atoms with Crippen LogP contribution in [0.2, 0.25) is 0 Å². The van der Waals surface area contributed by atoms with E-state index in [1.165, 1.54) is 0 Å². The highest BCUT2D eigenvalue weighted by molar-refractivity contribution is 9.10. The molecule has 1 aliphatic rings. The summed E-state index contributed by atoms with van der Waals surface area (Å²) in [6, 6.07) is 1.81. The molecule has 0 aliphatic carbocycles. The summed E-state index contributed by atoms with van der Waals surface area (Å²) in [4.78, 5) is 11.7. The van der Waals surface area contributed by atoms with Gasteiger partial charge < -0.3 is 15.4 Å². The molecule has 1 aromatic rings. The minimum absolute atomic E-state index is 0.0449. The maximum Gasteiger partial charge on any atom is 0.250 e. The second-order valence-electron chi connectivity index (χ2n) is 4.55. The second kappa shape index (κ2) is 7.10. The molecule has 4 nitrogen and oxygen atoms in total. The number of halogens is 3. The van der Waals surface area contributed by atoms with Crippen molar-refractivity contribution in [3.8, 4) is 0 Å². The van der Waals surface area contributed by atoms with E-state index in [1.54, 1.807) is 0 Å². The number of ether oxygens (including phenoxy) is 1. The van der Waals surface area contributed by atoms with E-state index in [4.69, 9.17) is 4.74 Å². The summed E-state index contributed by atoms with van der Waals surface area (Å²) in [5, 5.41) is 5.57. The van der Waals surface area contributed by atoms with Gasteiger partial charge in [-0.25, -0.2) is 8.78 Å². The van der Waals surface area contributed by atoms with Crippen molar-refractivity contribution >= 4 is 27.5 Å². The van der Waals surface area contributed by atoms with Crippen molar-refractivity contribution in [1.29, 1.82) is 0 Å². The van der Waals surface area contributed by atoms with Crippen LogP contribution in [0.15, 0.2) is 16.6 Å². The van der Waals surface area contributed by atoms with Gasteiger partial charge >= 0.3 is 0 Å². The Balaban J connectivity index is 1.88. The normalized spacial score (nSPS) is 16.1. The van der Waals surface area contributed by atoms with E-state index in [0.29, 0.717) is 6.07 Å². The molecule has 0 atom stereocenters. The first-order valence-electron chi connectivity index (χ1n) is 6.33. The van der Waals surface area contributed by atoms with Crippen LogP contribution in [-0.2, 0) is 9.53 Å². The third-order valence-electron chi connectivity index (χ3n) is 3.01. The lowest BCUT2D eigenvalue weighted by atomic mass is 10.1. The van der Waals surface area contributed by atoms with Gasteiger partial charge in [0.15, 0.2) is 5.82 Å². The van der Waals surface area contributed by atoms with E-state index in [1.807, 2.05) is 0 Å². The zero-order chi connectivity index (χ0) is 14.5. The molecule has 0 radical (unpaired) electrons. The Morgan fingerprint density at radius 1 is 1.40 bits per heavy atom.